The van der Waals surface area contributed by atoms with E-state index in [-0.39, 0.29) is 5.82 Å². The molecule has 0 bridgehead atoms. The molecule has 0 saturated heterocycles. The number of fused-ring (bicyclic) bond motifs is 1. The first-order chi connectivity index (χ1) is 9.65. The molecular weight excluding hydrogens is 343 g/mol. The molecule has 102 valence electrons. The van der Waals surface area contributed by atoms with Crippen LogP contribution in [0, 0.1) is 5.82 Å². The van der Waals surface area contributed by atoms with Crippen LogP contribution in [0.2, 0.25) is 0 Å². The van der Waals surface area contributed by atoms with E-state index in [4.69, 9.17) is 4.74 Å². The first kappa shape index (κ1) is 13.3. The van der Waals surface area contributed by atoms with Gasteiger partial charge >= 0.3 is 0 Å². The molecule has 0 radical (unpaired) electrons. The summed E-state index contributed by atoms with van der Waals surface area (Å²) in [5.41, 5.74) is 1.61. The fraction of sp³-hybridized carbons (Fsp3) is 0.0714. The molecule has 6 heteroatoms. The zero-order valence-electron chi connectivity index (χ0n) is 10.5. The minimum absolute atomic E-state index is 0.333. The van der Waals surface area contributed by atoms with Crippen LogP contribution in [-0.2, 0) is 0 Å². The van der Waals surface area contributed by atoms with E-state index in [2.05, 4.69) is 26.2 Å². The lowest BCUT2D eigenvalue weighted by Crippen LogP contribution is -1.94. The van der Waals surface area contributed by atoms with Crippen molar-refractivity contribution in [3.63, 3.8) is 0 Å². The Morgan fingerprint density at radius 2 is 2.10 bits per heavy atom. The van der Waals surface area contributed by atoms with Crippen LogP contribution in [-0.4, -0.2) is 12.1 Å². The molecule has 0 fully saturated rings. The van der Waals surface area contributed by atoms with Gasteiger partial charge in [0.25, 0.3) is 0 Å². The molecule has 0 saturated carbocycles. The molecule has 1 N–H and O–H groups in total. The van der Waals surface area contributed by atoms with Crippen LogP contribution < -0.4 is 10.1 Å². The number of methoxy groups -OCH3 is 1. The Morgan fingerprint density at radius 1 is 1.25 bits per heavy atom. The van der Waals surface area contributed by atoms with Crippen molar-refractivity contribution in [1.29, 1.82) is 0 Å². The summed E-state index contributed by atoms with van der Waals surface area (Å²) >= 11 is 4.96. The average Bonchev–Trinajstić information content (AvgIpc) is 2.82. The van der Waals surface area contributed by atoms with Gasteiger partial charge in [0, 0.05) is 10.5 Å². The van der Waals surface area contributed by atoms with Crippen LogP contribution >= 0.6 is 27.3 Å². The molecule has 0 spiro atoms. The molecule has 1 aromatic heterocycles. The molecule has 2 aromatic carbocycles. The van der Waals surface area contributed by atoms with E-state index < -0.39 is 0 Å². The highest BCUT2D eigenvalue weighted by Gasteiger charge is 2.08. The van der Waals surface area contributed by atoms with Gasteiger partial charge in [-0.1, -0.05) is 27.3 Å². The Hall–Kier alpha value is -1.66. The van der Waals surface area contributed by atoms with E-state index in [9.17, 15) is 4.39 Å². The zero-order chi connectivity index (χ0) is 14.1. The van der Waals surface area contributed by atoms with Crippen molar-refractivity contribution in [2.45, 2.75) is 0 Å². The lowest BCUT2D eigenvalue weighted by molar-refractivity contribution is 0.413. The highest BCUT2D eigenvalue weighted by molar-refractivity contribution is 9.10. The van der Waals surface area contributed by atoms with Gasteiger partial charge in [0.05, 0.1) is 23.0 Å². The summed E-state index contributed by atoms with van der Waals surface area (Å²) in [5.74, 6) is 0.117. The minimum Gasteiger partial charge on any atom is -0.494 e. The second-order valence-corrected chi connectivity index (χ2v) is 6.05. The number of aromatic nitrogens is 1. The molecule has 0 atom stereocenters. The lowest BCUT2D eigenvalue weighted by atomic mass is 10.3. The molecule has 0 amide bonds. The maximum atomic E-state index is 13.2. The number of hydrogen-bond acceptors (Lipinski definition) is 4. The number of rotatable bonds is 3. The summed E-state index contributed by atoms with van der Waals surface area (Å²) in [6.45, 7) is 0. The minimum atomic E-state index is -0.333. The van der Waals surface area contributed by atoms with E-state index in [1.807, 2.05) is 18.2 Å². The lowest BCUT2D eigenvalue weighted by Gasteiger charge is -2.08. The van der Waals surface area contributed by atoms with Gasteiger partial charge in [-0.3, -0.25) is 0 Å². The normalized spacial score (nSPS) is 10.8. The molecule has 3 aromatic rings. The zero-order valence-corrected chi connectivity index (χ0v) is 12.9. The van der Waals surface area contributed by atoms with Gasteiger partial charge in [-0.15, -0.1) is 0 Å². The summed E-state index contributed by atoms with van der Waals surface area (Å²) in [6.07, 6.45) is 0. The van der Waals surface area contributed by atoms with Gasteiger partial charge in [0.2, 0.25) is 0 Å². The van der Waals surface area contributed by atoms with Gasteiger partial charge in [0.1, 0.15) is 11.6 Å². The van der Waals surface area contributed by atoms with Crippen molar-refractivity contribution in [3.05, 3.63) is 46.7 Å². The van der Waals surface area contributed by atoms with Gasteiger partial charge < -0.3 is 10.1 Å². The van der Waals surface area contributed by atoms with Gasteiger partial charge in [-0.25, -0.2) is 9.37 Å². The third-order valence-corrected chi connectivity index (χ3v) is 4.18. The first-order valence-electron chi connectivity index (χ1n) is 5.82. The Kier molecular flexibility index (Phi) is 3.58. The van der Waals surface area contributed by atoms with Crippen LogP contribution in [0.15, 0.2) is 40.9 Å². The molecule has 0 aliphatic carbocycles. The summed E-state index contributed by atoms with van der Waals surface area (Å²) in [4.78, 5) is 4.48. The van der Waals surface area contributed by atoms with Crippen molar-refractivity contribution in [2.75, 3.05) is 12.4 Å². The van der Waals surface area contributed by atoms with E-state index in [1.165, 1.54) is 30.6 Å². The number of halogens is 2. The number of benzene rings is 2. The summed E-state index contributed by atoms with van der Waals surface area (Å²) in [5, 5.41) is 3.90. The third-order valence-electron chi connectivity index (χ3n) is 2.76. The smallest absolute Gasteiger partial charge is 0.188 e. The van der Waals surface area contributed by atoms with Crippen molar-refractivity contribution in [3.8, 4) is 5.75 Å². The predicted molar refractivity (Wildman–Crippen MR) is 83.6 cm³/mol. The number of nitrogens with one attached hydrogen (secondary N) is 1. The van der Waals surface area contributed by atoms with E-state index in [1.54, 1.807) is 6.07 Å². The molecule has 1 heterocycles. The van der Waals surface area contributed by atoms with E-state index in [0.29, 0.717) is 11.4 Å². The SMILES string of the molecule is COc1cc(F)ccc1Nc1nc2ccc(Br)cc2s1. The Labute approximate surface area is 127 Å². The predicted octanol–water partition coefficient (Wildman–Crippen LogP) is 4.95. The highest BCUT2D eigenvalue weighted by atomic mass is 79.9. The number of anilines is 2. The monoisotopic (exact) mass is 352 g/mol. The molecule has 3 nitrogen and oxygen atoms in total. The van der Waals surface area contributed by atoms with Crippen molar-refractivity contribution in [2.24, 2.45) is 0 Å². The fourth-order valence-corrected chi connectivity index (χ4v) is 3.27. The summed E-state index contributed by atoms with van der Waals surface area (Å²) in [6, 6.07) is 10.3. The second kappa shape index (κ2) is 5.38. The maximum absolute atomic E-state index is 13.2. The molecular formula is C14H10BrFN2OS. The fourth-order valence-electron chi connectivity index (χ4n) is 1.84. The second-order valence-electron chi connectivity index (χ2n) is 4.10. The standard InChI is InChI=1S/C14H10BrFN2OS/c1-19-12-7-9(16)3-5-10(12)17-14-18-11-4-2-8(15)6-13(11)20-14/h2-7H,1H3,(H,17,18). The van der Waals surface area contributed by atoms with Gasteiger partial charge in [-0.2, -0.15) is 0 Å². The molecule has 0 unspecified atom stereocenters. The van der Waals surface area contributed by atoms with Crippen molar-refractivity contribution < 1.29 is 9.13 Å². The number of thiazole rings is 1. The molecule has 20 heavy (non-hydrogen) atoms. The van der Waals surface area contributed by atoms with Crippen LogP contribution in [0.4, 0.5) is 15.2 Å². The Bertz CT molecular complexity index is 775. The Morgan fingerprint density at radius 3 is 2.90 bits per heavy atom. The van der Waals surface area contributed by atoms with Crippen LogP contribution in [0.1, 0.15) is 0 Å². The Balaban J connectivity index is 1.96. The van der Waals surface area contributed by atoms with Crippen molar-refractivity contribution in [1.82, 2.24) is 4.98 Å². The maximum Gasteiger partial charge on any atom is 0.188 e. The first-order valence-corrected chi connectivity index (χ1v) is 7.43. The quantitative estimate of drug-likeness (QED) is 0.723. The molecule has 0 aliphatic rings. The third kappa shape index (κ3) is 2.62. The largest absolute Gasteiger partial charge is 0.494 e. The van der Waals surface area contributed by atoms with Gasteiger partial charge in [0.15, 0.2) is 5.13 Å². The summed E-state index contributed by atoms with van der Waals surface area (Å²) in [7, 11) is 1.51. The van der Waals surface area contributed by atoms with Crippen molar-refractivity contribution >= 4 is 48.3 Å². The molecule has 3 rings (SSSR count). The van der Waals surface area contributed by atoms with Crippen LogP contribution in [0.5, 0.6) is 5.75 Å². The van der Waals surface area contributed by atoms with Crippen LogP contribution in [0.3, 0.4) is 0 Å². The topological polar surface area (TPSA) is 34.1 Å². The summed E-state index contributed by atoms with van der Waals surface area (Å²) < 4.78 is 20.4. The van der Waals surface area contributed by atoms with Crippen LogP contribution in [0.25, 0.3) is 10.2 Å². The molecule has 0 aliphatic heterocycles. The van der Waals surface area contributed by atoms with E-state index in [0.717, 1.165) is 19.8 Å². The van der Waals surface area contributed by atoms with Gasteiger partial charge in [-0.05, 0) is 30.3 Å². The highest BCUT2D eigenvalue weighted by Crippen LogP contribution is 2.33. The number of ether oxygens (including phenoxy) is 1. The number of nitrogens with zero attached hydrogens (tertiary/aromatic N) is 1. The van der Waals surface area contributed by atoms with E-state index >= 15 is 0 Å². The average molecular weight is 353 g/mol. The number of hydrogen-bond donors (Lipinski definition) is 1.